The molecule has 6 heteroatoms. The van der Waals surface area contributed by atoms with Crippen LogP contribution in [0.4, 0.5) is 13.2 Å². The van der Waals surface area contributed by atoms with Gasteiger partial charge < -0.3 is 4.98 Å². The summed E-state index contributed by atoms with van der Waals surface area (Å²) in [6, 6.07) is 9.90. The second-order valence-electron chi connectivity index (χ2n) is 8.58. The van der Waals surface area contributed by atoms with E-state index in [0.29, 0.717) is 17.7 Å². The van der Waals surface area contributed by atoms with Crippen LogP contribution in [0.5, 0.6) is 0 Å². The van der Waals surface area contributed by atoms with Crippen molar-refractivity contribution in [3.05, 3.63) is 72.2 Å². The topological polar surface area (TPSA) is 31.9 Å². The molecule has 0 saturated carbocycles. The van der Waals surface area contributed by atoms with Crippen molar-refractivity contribution < 1.29 is 13.2 Å². The molecule has 2 aliphatic heterocycles. The Morgan fingerprint density at radius 1 is 1.06 bits per heavy atom. The van der Waals surface area contributed by atoms with Gasteiger partial charge in [-0.2, -0.15) is 13.2 Å². The third-order valence-corrected chi connectivity index (χ3v) is 6.42. The zero-order chi connectivity index (χ0) is 21.6. The molecule has 3 nitrogen and oxygen atoms in total. The predicted molar refractivity (Wildman–Crippen MR) is 116 cm³/mol. The lowest BCUT2D eigenvalue weighted by molar-refractivity contribution is -0.137. The van der Waals surface area contributed by atoms with E-state index in [4.69, 9.17) is 0 Å². The van der Waals surface area contributed by atoms with E-state index in [9.17, 15) is 13.2 Å². The van der Waals surface area contributed by atoms with Crippen LogP contribution in [-0.4, -0.2) is 34.0 Å². The molecule has 2 aliphatic rings. The Hall–Kier alpha value is -2.86. The van der Waals surface area contributed by atoms with Crippen LogP contribution in [-0.2, 0) is 6.18 Å². The molecule has 0 bridgehead atoms. The van der Waals surface area contributed by atoms with Crippen molar-refractivity contribution in [2.45, 2.75) is 32.0 Å². The highest BCUT2D eigenvalue weighted by molar-refractivity contribution is 5.92. The third kappa shape index (κ3) is 3.69. The molecule has 3 aromatic rings. The summed E-state index contributed by atoms with van der Waals surface area (Å²) in [4.78, 5) is 9.80. The number of pyridine rings is 1. The fourth-order valence-corrected chi connectivity index (χ4v) is 5.06. The van der Waals surface area contributed by atoms with Crippen molar-refractivity contribution in [3.63, 3.8) is 0 Å². The standard InChI is InChI=1S/C25H24F3N3/c1-16-12-19-13-18(8-11-31(19)15-16)21-14-30-24(23(21)17-6-9-29-10-7-17)20-4-2-3-5-22(20)25(26,27)28/h2-7,9-10,13-14,16,19,30H,8,11-12,15H2,1H3. The summed E-state index contributed by atoms with van der Waals surface area (Å²) in [7, 11) is 0. The molecule has 1 saturated heterocycles. The molecule has 5 rings (SSSR count). The lowest BCUT2D eigenvalue weighted by Gasteiger charge is -2.28. The van der Waals surface area contributed by atoms with Crippen LogP contribution in [0.1, 0.15) is 30.9 Å². The normalized spacial score (nSPS) is 21.7. The highest BCUT2D eigenvalue weighted by Gasteiger charge is 2.35. The van der Waals surface area contributed by atoms with Crippen LogP contribution in [0.3, 0.4) is 0 Å². The number of fused-ring (bicyclic) bond motifs is 1. The molecule has 4 heterocycles. The van der Waals surface area contributed by atoms with Gasteiger partial charge >= 0.3 is 6.18 Å². The Balaban J connectivity index is 1.68. The third-order valence-electron chi connectivity index (χ3n) is 6.42. The van der Waals surface area contributed by atoms with E-state index in [1.165, 1.54) is 11.6 Å². The van der Waals surface area contributed by atoms with Crippen LogP contribution in [0.25, 0.3) is 28.0 Å². The van der Waals surface area contributed by atoms with Gasteiger partial charge in [0.2, 0.25) is 0 Å². The van der Waals surface area contributed by atoms with Crippen LogP contribution in [0.15, 0.2) is 61.1 Å². The van der Waals surface area contributed by atoms with Crippen LogP contribution < -0.4 is 0 Å². The van der Waals surface area contributed by atoms with Crippen molar-refractivity contribution >= 4 is 5.57 Å². The largest absolute Gasteiger partial charge is 0.417 e. The van der Waals surface area contributed by atoms with E-state index in [0.717, 1.165) is 48.7 Å². The van der Waals surface area contributed by atoms with Crippen molar-refractivity contribution in [1.29, 1.82) is 0 Å². The molecule has 2 atom stereocenters. The molecule has 2 aromatic heterocycles. The maximum atomic E-state index is 13.8. The van der Waals surface area contributed by atoms with Gasteiger partial charge in [-0.1, -0.05) is 31.2 Å². The van der Waals surface area contributed by atoms with E-state index in [2.05, 4.69) is 27.9 Å². The highest BCUT2D eigenvalue weighted by atomic mass is 19.4. The fraction of sp³-hybridized carbons (Fsp3) is 0.320. The van der Waals surface area contributed by atoms with E-state index in [-0.39, 0.29) is 5.56 Å². The van der Waals surface area contributed by atoms with Gasteiger partial charge in [0.05, 0.1) is 11.3 Å². The molecule has 0 amide bonds. The SMILES string of the molecule is CC1CC2C=C(c3c[nH]c(-c4ccccc4C(F)(F)F)c3-c3ccncc3)CCN2C1. The first-order chi connectivity index (χ1) is 14.9. The van der Waals surface area contributed by atoms with Gasteiger partial charge in [0.15, 0.2) is 0 Å². The highest BCUT2D eigenvalue weighted by Crippen LogP contribution is 2.44. The number of halogens is 3. The number of hydrogen-bond acceptors (Lipinski definition) is 2. The number of nitrogens with one attached hydrogen (secondary N) is 1. The molecule has 1 fully saturated rings. The van der Waals surface area contributed by atoms with Gasteiger partial charge in [-0.05, 0) is 48.1 Å². The van der Waals surface area contributed by atoms with E-state index < -0.39 is 11.7 Å². The second-order valence-corrected chi connectivity index (χ2v) is 8.58. The minimum Gasteiger partial charge on any atom is -0.360 e. The number of benzene rings is 1. The Morgan fingerprint density at radius 3 is 2.61 bits per heavy atom. The molecule has 0 spiro atoms. The van der Waals surface area contributed by atoms with Gasteiger partial charge in [-0.15, -0.1) is 0 Å². The van der Waals surface area contributed by atoms with Gasteiger partial charge in [0.1, 0.15) is 0 Å². The quantitative estimate of drug-likeness (QED) is 0.539. The molecule has 0 radical (unpaired) electrons. The molecule has 31 heavy (non-hydrogen) atoms. The summed E-state index contributed by atoms with van der Waals surface area (Å²) in [6.45, 7) is 4.37. The maximum Gasteiger partial charge on any atom is 0.417 e. The molecule has 0 aliphatic carbocycles. The average Bonchev–Trinajstić information content (AvgIpc) is 3.36. The molecule has 1 aromatic carbocycles. The average molecular weight is 423 g/mol. The van der Waals surface area contributed by atoms with Gasteiger partial charge in [-0.25, -0.2) is 0 Å². The minimum atomic E-state index is -4.43. The van der Waals surface area contributed by atoms with Crippen molar-refractivity contribution in [2.24, 2.45) is 5.92 Å². The van der Waals surface area contributed by atoms with Crippen molar-refractivity contribution in [1.82, 2.24) is 14.9 Å². The maximum absolute atomic E-state index is 13.8. The Kier molecular flexibility index (Phi) is 4.97. The number of aromatic nitrogens is 2. The first kappa shape index (κ1) is 20.1. The number of alkyl halides is 3. The smallest absolute Gasteiger partial charge is 0.360 e. The van der Waals surface area contributed by atoms with Crippen LogP contribution >= 0.6 is 0 Å². The molecule has 2 unspecified atom stereocenters. The van der Waals surface area contributed by atoms with Crippen molar-refractivity contribution in [2.75, 3.05) is 13.1 Å². The van der Waals surface area contributed by atoms with Crippen molar-refractivity contribution in [3.8, 4) is 22.4 Å². The summed E-state index contributed by atoms with van der Waals surface area (Å²) in [5.41, 5.74) is 3.89. The Bertz CT molecular complexity index is 1110. The summed E-state index contributed by atoms with van der Waals surface area (Å²) in [5.74, 6) is 0.667. The zero-order valence-corrected chi connectivity index (χ0v) is 17.3. The fourth-order valence-electron chi connectivity index (χ4n) is 5.06. The summed E-state index contributed by atoms with van der Waals surface area (Å²) < 4.78 is 41.3. The Labute approximate surface area is 179 Å². The number of aromatic amines is 1. The zero-order valence-electron chi connectivity index (χ0n) is 17.3. The minimum absolute atomic E-state index is 0.167. The van der Waals surface area contributed by atoms with Gasteiger partial charge in [0.25, 0.3) is 0 Å². The van der Waals surface area contributed by atoms with Gasteiger partial charge in [-0.3, -0.25) is 9.88 Å². The second kappa shape index (κ2) is 7.68. The molecular formula is C25H24F3N3. The molecule has 160 valence electrons. The van der Waals surface area contributed by atoms with Crippen LogP contribution in [0, 0.1) is 5.92 Å². The number of rotatable bonds is 3. The number of H-pyrrole nitrogens is 1. The summed E-state index contributed by atoms with van der Waals surface area (Å²) in [6.07, 6.45) is 5.14. The first-order valence-electron chi connectivity index (χ1n) is 10.7. The lowest BCUT2D eigenvalue weighted by atomic mass is 9.89. The van der Waals surface area contributed by atoms with E-state index in [1.54, 1.807) is 24.5 Å². The Morgan fingerprint density at radius 2 is 1.84 bits per heavy atom. The monoisotopic (exact) mass is 423 g/mol. The summed E-state index contributed by atoms with van der Waals surface area (Å²) >= 11 is 0. The van der Waals surface area contributed by atoms with Crippen LogP contribution in [0.2, 0.25) is 0 Å². The summed E-state index contributed by atoms with van der Waals surface area (Å²) in [5, 5.41) is 0. The first-order valence-corrected chi connectivity index (χ1v) is 10.7. The molecular weight excluding hydrogens is 399 g/mol. The van der Waals surface area contributed by atoms with Gasteiger partial charge in [0, 0.05) is 54.4 Å². The number of nitrogens with zero attached hydrogens (tertiary/aromatic N) is 2. The lowest BCUT2D eigenvalue weighted by Crippen LogP contribution is -2.32. The van der Waals surface area contributed by atoms with E-state index >= 15 is 0 Å². The number of hydrogen-bond donors (Lipinski definition) is 1. The predicted octanol–water partition coefficient (Wildman–Crippen LogP) is 6.26. The molecule has 1 N–H and O–H groups in total. The van der Waals surface area contributed by atoms with E-state index in [1.807, 2.05) is 18.3 Å².